The minimum absolute atomic E-state index is 0.156. The van der Waals surface area contributed by atoms with Gasteiger partial charge in [0.15, 0.2) is 6.61 Å². The lowest BCUT2D eigenvalue weighted by Gasteiger charge is -2.10. The third-order valence-electron chi connectivity index (χ3n) is 3.64. The summed E-state index contributed by atoms with van der Waals surface area (Å²) in [6.45, 7) is 1.82. The van der Waals surface area contributed by atoms with Crippen molar-refractivity contribution in [3.63, 3.8) is 0 Å². The Morgan fingerprint density at radius 3 is 2.32 bits per heavy atom. The molecule has 0 N–H and O–H groups in total. The van der Waals surface area contributed by atoms with Crippen molar-refractivity contribution in [2.24, 2.45) is 0 Å². The lowest BCUT2D eigenvalue weighted by atomic mass is 10.1. The second-order valence-electron chi connectivity index (χ2n) is 5.59. The summed E-state index contributed by atoms with van der Waals surface area (Å²) < 4.78 is 11.6. The molecule has 0 unspecified atom stereocenters. The average molecular weight is 397 g/mol. The molecular formula is C21H17BrO3. The number of hydrogen-bond acceptors (Lipinski definition) is 3. The van der Waals surface area contributed by atoms with Crippen molar-refractivity contribution in [2.75, 3.05) is 6.61 Å². The van der Waals surface area contributed by atoms with Crippen LogP contribution in [0.1, 0.15) is 5.56 Å². The number of aryl methyl sites for hydroxylation is 1. The number of ether oxygens (including phenoxy) is 2. The zero-order valence-corrected chi connectivity index (χ0v) is 15.3. The maximum Gasteiger partial charge on any atom is 0.349 e. The highest BCUT2D eigenvalue weighted by Gasteiger charge is 2.09. The van der Waals surface area contributed by atoms with Crippen molar-refractivity contribution < 1.29 is 14.3 Å². The van der Waals surface area contributed by atoms with E-state index in [0.717, 1.165) is 21.2 Å². The molecule has 3 nitrogen and oxygen atoms in total. The lowest BCUT2D eigenvalue weighted by Crippen LogP contribution is -2.17. The molecule has 25 heavy (non-hydrogen) atoms. The zero-order chi connectivity index (χ0) is 17.6. The predicted octanol–water partition coefficient (Wildman–Crippen LogP) is 5.41. The molecule has 3 aromatic carbocycles. The Labute approximate surface area is 155 Å². The first-order valence-corrected chi connectivity index (χ1v) is 8.66. The fraction of sp³-hybridized carbons (Fsp3) is 0.0952. The molecule has 4 heteroatoms. The van der Waals surface area contributed by atoms with E-state index in [-0.39, 0.29) is 6.61 Å². The maximum absolute atomic E-state index is 11.9. The molecule has 0 saturated carbocycles. The Hall–Kier alpha value is -2.59. The van der Waals surface area contributed by atoms with Gasteiger partial charge in [0.05, 0.1) is 4.47 Å². The minimum atomic E-state index is -0.442. The number of benzene rings is 3. The number of rotatable bonds is 5. The van der Waals surface area contributed by atoms with Gasteiger partial charge in [0.1, 0.15) is 11.5 Å². The van der Waals surface area contributed by atoms with E-state index in [0.29, 0.717) is 11.5 Å². The highest BCUT2D eigenvalue weighted by molar-refractivity contribution is 9.10. The van der Waals surface area contributed by atoms with Gasteiger partial charge in [0, 0.05) is 0 Å². The summed E-state index contributed by atoms with van der Waals surface area (Å²) >= 11 is 3.49. The molecule has 0 aliphatic heterocycles. The van der Waals surface area contributed by atoms with Gasteiger partial charge in [-0.05, 0) is 58.2 Å². The smallest absolute Gasteiger partial charge is 0.349 e. The Morgan fingerprint density at radius 2 is 1.64 bits per heavy atom. The van der Waals surface area contributed by atoms with E-state index in [1.165, 1.54) is 0 Å². The van der Waals surface area contributed by atoms with Crippen LogP contribution >= 0.6 is 15.9 Å². The largest absolute Gasteiger partial charge is 0.481 e. The third kappa shape index (κ3) is 4.70. The van der Waals surface area contributed by atoms with Crippen molar-refractivity contribution in [1.29, 1.82) is 0 Å². The van der Waals surface area contributed by atoms with E-state index in [1.54, 1.807) is 12.1 Å². The predicted molar refractivity (Wildman–Crippen MR) is 102 cm³/mol. The monoisotopic (exact) mass is 396 g/mol. The Kier molecular flexibility index (Phi) is 5.51. The van der Waals surface area contributed by atoms with Gasteiger partial charge < -0.3 is 9.47 Å². The number of hydrogen-bond donors (Lipinski definition) is 0. The fourth-order valence-electron chi connectivity index (χ4n) is 2.33. The second-order valence-corrected chi connectivity index (χ2v) is 6.44. The van der Waals surface area contributed by atoms with Crippen LogP contribution in [0.2, 0.25) is 0 Å². The van der Waals surface area contributed by atoms with Crippen molar-refractivity contribution in [3.8, 4) is 22.6 Å². The Balaban J connectivity index is 1.61. The summed E-state index contributed by atoms with van der Waals surface area (Å²) in [7, 11) is 0. The van der Waals surface area contributed by atoms with Crippen LogP contribution in [0.5, 0.6) is 11.5 Å². The summed E-state index contributed by atoms with van der Waals surface area (Å²) in [6.07, 6.45) is 0. The Morgan fingerprint density at radius 1 is 0.920 bits per heavy atom. The summed E-state index contributed by atoms with van der Waals surface area (Å²) in [5.74, 6) is 0.668. The highest BCUT2D eigenvalue weighted by Crippen LogP contribution is 2.30. The summed E-state index contributed by atoms with van der Waals surface area (Å²) in [4.78, 5) is 11.9. The molecule has 0 heterocycles. The number of esters is 1. The van der Waals surface area contributed by atoms with Crippen LogP contribution in [-0.2, 0) is 4.79 Å². The minimum Gasteiger partial charge on any atom is -0.481 e. The van der Waals surface area contributed by atoms with Crippen LogP contribution in [0.3, 0.4) is 0 Å². The second kappa shape index (κ2) is 7.99. The van der Waals surface area contributed by atoms with Crippen molar-refractivity contribution in [3.05, 3.63) is 82.8 Å². The molecule has 3 rings (SSSR count). The van der Waals surface area contributed by atoms with Crippen molar-refractivity contribution in [2.45, 2.75) is 6.92 Å². The first-order chi connectivity index (χ1) is 12.1. The first kappa shape index (κ1) is 17.2. The molecule has 126 valence electrons. The van der Waals surface area contributed by atoms with E-state index in [1.807, 2.05) is 67.6 Å². The van der Waals surface area contributed by atoms with Crippen LogP contribution in [0.15, 0.2) is 77.3 Å². The summed E-state index contributed by atoms with van der Waals surface area (Å²) in [6, 6.07) is 23.1. The molecule has 0 amide bonds. The molecule has 0 radical (unpaired) electrons. The van der Waals surface area contributed by atoms with Gasteiger partial charge in [0.25, 0.3) is 0 Å². The van der Waals surface area contributed by atoms with Gasteiger partial charge in [-0.1, -0.05) is 54.1 Å². The third-order valence-corrected chi connectivity index (χ3v) is 4.26. The number of carbonyl (C=O) groups is 1. The van der Waals surface area contributed by atoms with Crippen molar-refractivity contribution in [1.82, 2.24) is 0 Å². The SMILES string of the molecule is Cc1ccc(OC(=O)COc2ccc(-c3ccccc3)cc2Br)cc1. The molecule has 0 aliphatic rings. The average Bonchev–Trinajstić information content (AvgIpc) is 2.63. The van der Waals surface area contributed by atoms with E-state index < -0.39 is 5.97 Å². The van der Waals surface area contributed by atoms with E-state index in [4.69, 9.17) is 9.47 Å². The number of carbonyl (C=O) groups excluding carboxylic acids is 1. The van der Waals surface area contributed by atoms with E-state index in [9.17, 15) is 4.79 Å². The molecule has 0 atom stereocenters. The van der Waals surface area contributed by atoms with Crippen LogP contribution < -0.4 is 9.47 Å². The van der Waals surface area contributed by atoms with E-state index in [2.05, 4.69) is 15.9 Å². The molecule has 0 aromatic heterocycles. The summed E-state index contributed by atoms with van der Waals surface area (Å²) in [5, 5.41) is 0. The molecule has 0 aliphatic carbocycles. The van der Waals surface area contributed by atoms with Gasteiger partial charge in [0.2, 0.25) is 0 Å². The molecule has 0 saturated heterocycles. The lowest BCUT2D eigenvalue weighted by molar-refractivity contribution is -0.136. The topological polar surface area (TPSA) is 35.5 Å². The summed E-state index contributed by atoms with van der Waals surface area (Å²) in [5.41, 5.74) is 3.30. The zero-order valence-electron chi connectivity index (χ0n) is 13.7. The van der Waals surface area contributed by atoms with Gasteiger partial charge in [-0.15, -0.1) is 0 Å². The molecule has 0 bridgehead atoms. The molecule has 0 spiro atoms. The van der Waals surface area contributed by atoms with Crippen molar-refractivity contribution >= 4 is 21.9 Å². The van der Waals surface area contributed by atoms with Crippen LogP contribution in [0, 0.1) is 6.92 Å². The Bertz CT molecular complexity index is 858. The fourth-order valence-corrected chi connectivity index (χ4v) is 2.83. The quantitative estimate of drug-likeness (QED) is 0.427. The van der Waals surface area contributed by atoms with Gasteiger partial charge >= 0.3 is 5.97 Å². The van der Waals surface area contributed by atoms with Gasteiger partial charge in [-0.2, -0.15) is 0 Å². The highest BCUT2D eigenvalue weighted by atomic mass is 79.9. The van der Waals surface area contributed by atoms with Crippen LogP contribution in [-0.4, -0.2) is 12.6 Å². The standard InChI is InChI=1S/C21H17BrO3/c1-15-7-10-18(11-8-15)25-21(23)14-24-20-12-9-17(13-19(20)22)16-5-3-2-4-6-16/h2-13H,14H2,1H3. The first-order valence-electron chi connectivity index (χ1n) is 7.87. The molecule has 0 fully saturated rings. The normalized spacial score (nSPS) is 10.3. The van der Waals surface area contributed by atoms with Gasteiger partial charge in [-0.25, -0.2) is 4.79 Å². The molecular weight excluding hydrogens is 380 g/mol. The van der Waals surface area contributed by atoms with E-state index >= 15 is 0 Å². The number of halogens is 1. The van der Waals surface area contributed by atoms with Gasteiger partial charge in [-0.3, -0.25) is 0 Å². The van der Waals surface area contributed by atoms with Crippen LogP contribution in [0.4, 0.5) is 0 Å². The van der Waals surface area contributed by atoms with Crippen LogP contribution in [0.25, 0.3) is 11.1 Å². The maximum atomic E-state index is 11.9. The molecule has 3 aromatic rings.